The standard InChI is InChI=1S/C31H31ClF3NO5/c1-18(37)21-5-3-19(4-6-21)16-26(38)23(15-20-11-13-31(2,39)14-12-20)25-9-7-22(17-36(25)40)28-27(41-30(34)35)10-8-24(32)29(28)33/h3-10,17,20,23,30,37,39H,1,11-16H2,2H3/t20?,23-,31?/m1/s1. The van der Waals surface area contributed by atoms with Crippen LogP contribution in [0, 0.1) is 16.9 Å². The summed E-state index contributed by atoms with van der Waals surface area (Å²) >= 11 is 5.88. The fourth-order valence-electron chi connectivity index (χ4n) is 5.33. The van der Waals surface area contributed by atoms with Crippen LogP contribution in [0.4, 0.5) is 13.2 Å². The molecular weight excluding hydrogens is 559 g/mol. The molecule has 0 unspecified atom stereocenters. The highest BCUT2D eigenvalue weighted by molar-refractivity contribution is 6.31. The molecule has 1 heterocycles. The Morgan fingerprint density at radius 3 is 2.41 bits per heavy atom. The normalized spacial score (nSPS) is 19.6. The molecule has 1 saturated carbocycles. The van der Waals surface area contributed by atoms with Gasteiger partial charge in [0.15, 0.2) is 17.8 Å². The first kappa shape index (κ1) is 30.4. The van der Waals surface area contributed by atoms with Crippen molar-refractivity contribution in [3.63, 3.8) is 0 Å². The molecule has 1 aromatic heterocycles. The zero-order valence-electron chi connectivity index (χ0n) is 22.5. The smallest absolute Gasteiger partial charge is 0.387 e. The number of ether oxygens (including phenoxy) is 1. The lowest BCUT2D eigenvalue weighted by Gasteiger charge is -2.34. The molecule has 3 aromatic rings. The van der Waals surface area contributed by atoms with Gasteiger partial charge in [-0.25, -0.2) is 4.39 Å². The van der Waals surface area contributed by atoms with Crippen LogP contribution in [0.3, 0.4) is 0 Å². The van der Waals surface area contributed by atoms with Crippen molar-refractivity contribution in [2.45, 2.75) is 63.6 Å². The van der Waals surface area contributed by atoms with E-state index in [0.29, 0.717) is 48.0 Å². The minimum absolute atomic E-state index is 0.0182. The third-order valence-corrected chi connectivity index (χ3v) is 7.96. The van der Waals surface area contributed by atoms with E-state index in [-0.39, 0.29) is 40.2 Å². The lowest BCUT2D eigenvalue weighted by atomic mass is 9.75. The van der Waals surface area contributed by atoms with Crippen LogP contribution >= 0.6 is 11.6 Å². The molecule has 6 nitrogen and oxygen atoms in total. The number of halogens is 4. The molecule has 4 rings (SSSR count). The van der Waals surface area contributed by atoms with Crippen molar-refractivity contribution < 1.29 is 37.6 Å². The van der Waals surface area contributed by atoms with Crippen molar-refractivity contribution in [3.05, 3.63) is 94.2 Å². The van der Waals surface area contributed by atoms with E-state index in [0.717, 1.165) is 18.3 Å². The van der Waals surface area contributed by atoms with Crippen LogP contribution in [-0.2, 0) is 11.2 Å². The molecule has 0 aliphatic heterocycles. The molecule has 2 N–H and O–H groups in total. The minimum Gasteiger partial charge on any atom is -0.618 e. The lowest BCUT2D eigenvalue weighted by Crippen LogP contribution is -2.37. The topological polar surface area (TPSA) is 93.7 Å². The Balaban J connectivity index is 1.68. The molecule has 10 heteroatoms. The summed E-state index contributed by atoms with van der Waals surface area (Å²) in [6.45, 7) is 2.04. The minimum atomic E-state index is -3.23. The van der Waals surface area contributed by atoms with E-state index >= 15 is 0 Å². The van der Waals surface area contributed by atoms with Crippen molar-refractivity contribution >= 4 is 23.1 Å². The van der Waals surface area contributed by atoms with Gasteiger partial charge >= 0.3 is 6.61 Å². The van der Waals surface area contributed by atoms with Crippen LogP contribution in [0.25, 0.3) is 16.9 Å². The van der Waals surface area contributed by atoms with Gasteiger partial charge in [0.2, 0.25) is 5.69 Å². The summed E-state index contributed by atoms with van der Waals surface area (Å²) in [7, 11) is 0. The van der Waals surface area contributed by atoms with Crippen molar-refractivity contribution in [2.75, 3.05) is 0 Å². The van der Waals surface area contributed by atoms with Crippen LogP contribution in [0.2, 0.25) is 5.02 Å². The van der Waals surface area contributed by atoms with Gasteiger partial charge in [-0.1, -0.05) is 42.4 Å². The van der Waals surface area contributed by atoms with Crippen molar-refractivity contribution in [2.24, 2.45) is 5.92 Å². The Labute approximate surface area is 241 Å². The average molecular weight is 590 g/mol. The molecule has 1 fully saturated rings. The molecule has 1 atom stereocenters. The second-order valence-corrected chi connectivity index (χ2v) is 11.2. The van der Waals surface area contributed by atoms with Crippen molar-refractivity contribution in [1.29, 1.82) is 0 Å². The monoisotopic (exact) mass is 589 g/mol. The molecule has 41 heavy (non-hydrogen) atoms. The van der Waals surface area contributed by atoms with Crippen LogP contribution in [0.1, 0.15) is 61.8 Å². The highest BCUT2D eigenvalue weighted by Gasteiger charge is 2.35. The molecule has 1 aliphatic carbocycles. The van der Waals surface area contributed by atoms with E-state index in [2.05, 4.69) is 11.3 Å². The number of aliphatic hydroxyl groups is 2. The molecule has 0 amide bonds. The Kier molecular flexibility index (Phi) is 9.29. The van der Waals surface area contributed by atoms with E-state index in [1.165, 1.54) is 12.1 Å². The van der Waals surface area contributed by atoms with Gasteiger partial charge in [-0.2, -0.15) is 13.5 Å². The fraction of sp³-hybridized carbons (Fsp3) is 0.355. The molecule has 218 valence electrons. The summed E-state index contributed by atoms with van der Waals surface area (Å²) < 4.78 is 45.8. The summed E-state index contributed by atoms with van der Waals surface area (Å²) in [5.74, 6) is -2.55. The van der Waals surface area contributed by atoms with Gasteiger partial charge < -0.3 is 20.2 Å². The third kappa shape index (κ3) is 7.40. The number of nitrogens with zero attached hydrogens (tertiary/aromatic N) is 1. The van der Waals surface area contributed by atoms with Gasteiger partial charge in [0.05, 0.1) is 21.8 Å². The lowest BCUT2D eigenvalue weighted by molar-refractivity contribution is -0.614. The van der Waals surface area contributed by atoms with Crippen molar-refractivity contribution in [3.8, 4) is 16.9 Å². The first-order chi connectivity index (χ1) is 19.3. The summed E-state index contributed by atoms with van der Waals surface area (Å²) in [6.07, 6.45) is 3.92. The van der Waals surface area contributed by atoms with Gasteiger partial charge in [-0.15, -0.1) is 0 Å². The van der Waals surface area contributed by atoms with E-state index in [4.69, 9.17) is 11.6 Å². The second-order valence-electron chi connectivity index (χ2n) is 10.8. The second kappa shape index (κ2) is 12.5. The van der Waals surface area contributed by atoms with Gasteiger partial charge in [-0.3, -0.25) is 4.79 Å². The number of rotatable bonds is 10. The molecular formula is C31H31ClF3NO5. The number of hydrogen-bond donors (Lipinski definition) is 2. The molecule has 1 aliphatic rings. The van der Waals surface area contributed by atoms with Crippen LogP contribution in [-0.4, -0.2) is 28.2 Å². The Morgan fingerprint density at radius 2 is 1.83 bits per heavy atom. The predicted molar refractivity (Wildman–Crippen MR) is 149 cm³/mol. The molecule has 0 radical (unpaired) electrons. The number of carbonyl (C=O) groups excluding carboxylic acids is 1. The maximum absolute atomic E-state index is 14.9. The summed E-state index contributed by atoms with van der Waals surface area (Å²) in [5, 5.41) is 33.0. The van der Waals surface area contributed by atoms with E-state index in [1.807, 2.05) is 0 Å². The van der Waals surface area contributed by atoms with E-state index in [9.17, 15) is 33.4 Å². The maximum atomic E-state index is 14.9. The average Bonchev–Trinajstić information content (AvgIpc) is 2.90. The van der Waals surface area contributed by atoms with E-state index in [1.54, 1.807) is 31.2 Å². The molecule has 0 bridgehead atoms. The van der Waals surface area contributed by atoms with Gasteiger partial charge in [-0.05, 0) is 68.7 Å². The number of Topliss-reactive ketones (excluding diaryl/α,β-unsaturated/α-hetero) is 1. The van der Waals surface area contributed by atoms with Crippen LogP contribution < -0.4 is 9.47 Å². The number of benzene rings is 2. The summed E-state index contributed by atoms with van der Waals surface area (Å²) in [5.41, 5.74) is 0.128. The summed E-state index contributed by atoms with van der Waals surface area (Å²) in [6, 6.07) is 11.6. The SMILES string of the molecule is C=C(O)c1ccc(CC(=O)[C@H](CC2CCC(C)(O)CC2)c2ccc(-c3c(OC(F)F)ccc(Cl)c3F)c[n+]2[O-])cc1. The Morgan fingerprint density at radius 1 is 1.17 bits per heavy atom. The number of hydrogen-bond acceptors (Lipinski definition) is 5. The largest absolute Gasteiger partial charge is 0.618 e. The molecule has 0 saturated heterocycles. The molecule has 0 spiro atoms. The van der Waals surface area contributed by atoms with Crippen LogP contribution in [0.5, 0.6) is 5.75 Å². The van der Waals surface area contributed by atoms with Gasteiger partial charge in [0.25, 0.3) is 0 Å². The Hall–Kier alpha value is -3.56. The highest BCUT2D eigenvalue weighted by Crippen LogP contribution is 2.39. The number of pyridine rings is 1. The number of aromatic nitrogens is 1. The van der Waals surface area contributed by atoms with E-state index < -0.39 is 35.3 Å². The zero-order chi connectivity index (χ0) is 29.9. The molecule has 2 aromatic carbocycles. The maximum Gasteiger partial charge on any atom is 0.387 e. The number of aliphatic hydroxyl groups excluding tert-OH is 1. The fourth-order valence-corrected chi connectivity index (χ4v) is 5.49. The highest BCUT2D eigenvalue weighted by atomic mass is 35.5. The van der Waals surface area contributed by atoms with Crippen molar-refractivity contribution in [1.82, 2.24) is 0 Å². The Bertz CT molecular complexity index is 1420. The first-order valence-electron chi connectivity index (χ1n) is 13.2. The zero-order valence-corrected chi connectivity index (χ0v) is 23.2. The number of carbonyl (C=O) groups is 1. The third-order valence-electron chi connectivity index (χ3n) is 7.67. The quantitative estimate of drug-likeness (QED) is 0.149. The number of ketones is 1. The van der Waals surface area contributed by atoms with Gasteiger partial charge in [0.1, 0.15) is 17.4 Å². The predicted octanol–water partition coefficient (Wildman–Crippen LogP) is 7.14. The van der Waals surface area contributed by atoms with Crippen LogP contribution in [0.15, 0.2) is 61.3 Å². The summed E-state index contributed by atoms with van der Waals surface area (Å²) in [4.78, 5) is 13.7. The first-order valence-corrected chi connectivity index (χ1v) is 13.6. The number of alkyl halides is 2. The van der Waals surface area contributed by atoms with Gasteiger partial charge in [0, 0.05) is 18.1 Å².